The fraction of sp³-hybridized carbons (Fsp3) is 0.123. The van der Waals surface area contributed by atoms with E-state index in [9.17, 15) is 0 Å². The fourth-order valence-electron chi connectivity index (χ4n) is 9.58. The molecule has 9 aromatic carbocycles. The van der Waals surface area contributed by atoms with Gasteiger partial charge in [-0.15, -0.1) is 0 Å². The first kappa shape index (κ1) is 36.8. The van der Waals surface area contributed by atoms with E-state index >= 15 is 0 Å². The van der Waals surface area contributed by atoms with Gasteiger partial charge >= 0.3 is 0 Å². The molecule has 0 spiro atoms. The summed E-state index contributed by atoms with van der Waals surface area (Å²) in [6, 6.07) is 55.4. The standard InChI is InChI=1S/C57H46N2O2/c1-33-14-20-44(21-15-33)58(54-35(3)10-8-11-36(54)4)46-24-18-40-28-48-50-32-51-49-29-41-19-25-47(59(45-22-16-34(2)17-23-45)55-37(5)12-9-13-38(55)6)27-43(41)31-53(49)61-57(51)39(7)56(50)60-52(48)30-42(40)26-46/h8-32H,1-7H3. The second-order valence-electron chi connectivity index (χ2n) is 17.0. The van der Waals surface area contributed by atoms with Crippen molar-refractivity contribution in [1.82, 2.24) is 0 Å². The van der Waals surface area contributed by atoms with Crippen molar-refractivity contribution in [2.24, 2.45) is 0 Å². The van der Waals surface area contributed by atoms with Gasteiger partial charge in [-0.25, -0.2) is 0 Å². The second-order valence-corrected chi connectivity index (χ2v) is 17.0. The van der Waals surface area contributed by atoms with Gasteiger partial charge in [0.2, 0.25) is 0 Å². The van der Waals surface area contributed by atoms with Crippen molar-refractivity contribution < 1.29 is 8.83 Å². The Morgan fingerprint density at radius 2 is 0.705 bits per heavy atom. The summed E-state index contributed by atoms with van der Waals surface area (Å²) in [6.07, 6.45) is 0. The number of fused-ring (bicyclic) bond motifs is 8. The van der Waals surface area contributed by atoms with Gasteiger partial charge in [-0.05, 0) is 171 Å². The summed E-state index contributed by atoms with van der Waals surface area (Å²) in [4.78, 5) is 4.76. The molecule has 0 aliphatic rings. The molecular formula is C57H46N2O2. The first-order valence-electron chi connectivity index (χ1n) is 21.2. The molecule has 0 saturated heterocycles. The van der Waals surface area contributed by atoms with E-state index < -0.39 is 0 Å². The number of furan rings is 2. The van der Waals surface area contributed by atoms with E-state index in [0.717, 1.165) is 83.0 Å². The van der Waals surface area contributed by atoms with Crippen LogP contribution in [0.25, 0.3) is 65.4 Å². The average Bonchev–Trinajstić information content (AvgIpc) is 3.80. The van der Waals surface area contributed by atoms with Gasteiger partial charge < -0.3 is 18.6 Å². The molecule has 0 unspecified atom stereocenters. The summed E-state index contributed by atoms with van der Waals surface area (Å²) in [6.45, 7) is 15.2. The number of aryl methyl sites for hydroxylation is 7. The van der Waals surface area contributed by atoms with Crippen LogP contribution in [0.5, 0.6) is 0 Å². The molecule has 11 rings (SSSR count). The van der Waals surface area contributed by atoms with Crippen molar-refractivity contribution >= 4 is 99.5 Å². The maximum absolute atomic E-state index is 6.77. The molecule has 61 heavy (non-hydrogen) atoms. The van der Waals surface area contributed by atoms with Crippen LogP contribution >= 0.6 is 0 Å². The normalized spacial score (nSPS) is 11.9. The summed E-state index contributed by atoms with van der Waals surface area (Å²) in [7, 11) is 0. The first-order valence-corrected chi connectivity index (χ1v) is 21.2. The van der Waals surface area contributed by atoms with Crippen LogP contribution in [-0.2, 0) is 0 Å². The predicted octanol–water partition coefficient (Wildman–Crippen LogP) is 16.9. The zero-order chi connectivity index (χ0) is 41.7. The summed E-state index contributed by atoms with van der Waals surface area (Å²) in [5.41, 5.74) is 18.8. The Balaban J connectivity index is 1.03. The SMILES string of the molecule is Cc1ccc(N(c2ccc3cc4c(cc3c2)oc2c(C)c3oc5cc6cc(N(c7ccc(C)cc7)c7c(C)cccc7C)ccc6cc5c3cc24)c2c(C)cccc2C)cc1. The van der Waals surface area contributed by atoms with E-state index in [1.54, 1.807) is 0 Å². The van der Waals surface area contributed by atoms with Crippen molar-refractivity contribution in [3.63, 3.8) is 0 Å². The molecule has 11 aromatic rings. The summed E-state index contributed by atoms with van der Waals surface area (Å²) < 4.78 is 13.5. The van der Waals surface area contributed by atoms with E-state index in [1.807, 2.05) is 0 Å². The van der Waals surface area contributed by atoms with E-state index in [-0.39, 0.29) is 0 Å². The van der Waals surface area contributed by atoms with Gasteiger partial charge in [0.05, 0.1) is 11.4 Å². The molecule has 4 nitrogen and oxygen atoms in total. The van der Waals surface area contributed by atoms with E-state index in [0.29, 0.717) is 0 Å². The number of hydrogen-bond acceptors (Lipinski definition) is 4. The van der Waals surface area contributed by atoms with Crippen LogP contribution in [0.15, 0.2) is 160 Å². The maximum Gasteiger partial charge on any atom is 0.142 e. The molecule has 2 aromatic heterocycles. The third-order valence-corrected chi connectivity index (χ3v) is 12.7. The van der Waals surface area contributed by atoms with Crippen molar-refractivity contribution in [3.05, 3.63) is 191 Å². The highest BCUT2D eigenvalue weighted by Gasteiger charge is 2.22. The number of rotatable bonds is 6. The third kappa shape index (κ3) is 5.96. The fourth-order valence-corrected chi connectivity index (χ4v) is 9.58. The molecule has 0 atom stereocenters. The van der Waals surface area contributed by atoms with Crippen LogP contribution in [0, 0.1) is 48.5 Å². The Kier molecular flexibility index (Phi) is 8.37. The smallest absolute Gasteiger partial charge is 0.142 e. The molecule has 0 amide bonds. The van der Waals surface area contributed by atoms with Gasteiger partial charge in [0.25, 0.3) is 0 Å². The van der Waals surface area contributed by atoms with Crippen molar-refractivity contribution in [2.45, 2.75) is 48.5 Å². The van der Waals surface area contributed by atoms with Crippen LogP contribution < -0.4 is 9.80 Å². The second kappa shape index (κ2) is 13.9. The summed E-state index contributed by atoms with van der Waals surface area (Å²) >= 11 is 0. The number of para-hydroxylation sites is 2. The lowest BCUT2D eigenvalue weighted by Gasteiger charge is -2.29. The molecule has 4 heteroatoms. The highest BCUT2D eigenvalue weighted by atomic mass is 16.3. The first-order chi connectivity index (χ1) is 29.6. The van der Waals surface area contributed by atoms with Crippen molar-refractivity contribution in [3.8, 4) is 0 Å². The summed E-state index contributed by atoms with van der Waals surface area (Å²) in [5.74, 6) is 0. The zero-order valence-corrected chi connectivity index (χ0v) is 35.6. The van der Waals surface area contributed by atoms with E-state index in [2.05, 4.69) is 210 Å². The van der Waals surface area contributed by atoms with Gasteiger partial charge in [-0.2, -0.15) is 0 Å². The van der Waals surface area contributed by atoms with Crippen LogP contribution in [0.1, 0.15) is 38.9 Å². The largest absolute Gasteiger partial charge is 0.456 e. The highest BCUT2D eigenvalue weighted by Crippen LogP contribution is 2.45. The third-order valence-electron chi connectivity index (χ3n) is 12.7. The zero-order valence-electron chi connectivity index (χ0n) is 35.6. The monoisotopic (exact) mass is 790 g/mol. The Hall–Kier alpha value is -7.30. The molecule has 0 N–H and O–H groups in total. The lowest BCUT2D eigenvalue weighted by Crippen LogP contribution is -2.12. The van der Waals surface area contributed by atoms with E-state index in [1.165, 1.54) is 55.5 Å². The lowest BCUT2D eigenvalue weighted by atomic mass is 10.00. The number of hydrogen-bond donors (Lipinski definition) is 0. The van der Waals surface area contributed by atoms with Crippen LogP contribution in [-0.4, -0.2) is 0 Å². The maximum atomic E-state index is 6.77. The van der Waals surface area contributed by atoms with Gasteiger partial charge in [-0.1, -0.05) is 83.9 Å². The molecule has 0 radical (unpaired) electrons. The molecule has 0 aliphatic carbocycles. The van der Waals surface area contributed by atoms with E-state index in [4.69, 9.17) is 8.83 Å². The molecule has 0 aliphatic heterocycles. The van der Waals surface area contributed by atoms with Gasteiger partial charge in [0.15, 0.2) is 0 Å². The lowest BCUT2D eigenvalue weighted by molar-refractivity contribution is 0.651. The Labute approximate surface area is 355 Å². The van der Waals surface area contributed by atoms with Crippen LogP contribution in [0.4, 0.5) is 34.1 Å². The quantitative estimate of drug-likeness (QED) is 0.168. The number of anilines is 6. The Morgan fingerprint density at radius 1 is 0.328 bits per heavy atom. The molecule has 0 saturated carbocycles. The van der Waals surface area contributed by atoms with Crippen LogP contribution in [0.2, 0.25) is 0 Å². The number of nitrogens with zero attached hydrogens (tertiary/aromatic N) is 2. The van der Waals surface area contributed by atoms with Crippen molar-refractivity contribution in [2.75, 3.05) is 9.80 Å². The van der Waals surface area contributed by atoms with Gasteiger partial charge in [0, 0.05) is 49.9 Å². The molecular weight excluding hydrogens is 745 g/mol. The summed E-state index contributed by atoms with van der Waals surface area (Å²) in [5, 5.41) is 9.00. The minimum absolute atomic E-state index is 0.864. The Bertz CT molecular complexity index is 3280. The highest BCUT2D eigenvalue weighted by molar-refractivity contribution is 6.20. The van der Waals surface area contributed by atoms with Gasteiger partial charge in [0.1, 0.15) is 22.3 Å². The average molecular weight is 791 g/mol. The van der Waals surface area contributed by atoms with Gasteiger partial charge in [-0.3, -0.25) is 0 Å². The van der Waals surface area contributed by atoms with Crippen molar-refractivity contribution in [1.29, 1.82) is 0 Å². The topological polar surface area (TPSA) is 32.8 Å². The molecule has 296 valence electrons. The number of benzene rings is 9. The molecule has 0 fully saturated rings. The molecule has 0 bridgehead atoms. The minimum atomic E-state index is 0.864. The minimum Gasteiger partial charge on any atom is -0.456 e. The predicted molar refractivity (Wildman–Crippen MR) is 259 cm³/mol. The molecule has 2 heterocycles. The van der Waals surface area contributed by atoms with Crippen LogP contribution in [0.3, 0.4) is 0 Å². The Morgan fingerprint density at radius 3 is 1.10 bits per heavy atom.